The van der Waals surface area contributed by atoms with Crippen molar-refractivity contribution in [2.75, 3.05) is 6.26 Å². The molecule has 1 heterocycles. The topological polar surface area (TPSA) is 12.5 Å². The summed E-state index contributed by atoms with van der Waals surface area (Å²) < 4.78 is 5.64. The normalized spacial score (nSPS) is 21.5. The summed E-state index contributed by atoms with van der Waals surface area (Å²) in [5.74, 6) is 0. The molecule has 1 fully saturated rings. The van der Waals surface area contributed by atoms with Gasteiger partial charge >= 0.3 is 0 Å². The van der Waals surface area contributed by atoms with E-state index in [2.05, 4.69) is 69.7 Å². The Balaban J connectivity index is 2.10. The van der Waals surface area contributed by atoms with Gasteiger partial charge in [-0.05, 0) is 77.9 Å². The third-order valence-electron chi connectivity index (χ3n) is 4.28. The molecule has 1 rings (SSSR count). The molecule has 0 aromatic heterocycles. The minimum absolute atomic E-state index is 0.138. The van der Waals surface area contributed by atoms with Crippen molar-refractivity contribution >= 4 is 11.8 Å². The van der Waals surface area contributed by atoms with Crippen molar-refractivity contribution in [3.8, 4) is 0 Å². The molecule has 2 heteroatoms. The van der Waals surface area contributed by atoms with Gasteiger partial charge in [-0.3, -0.25) is 0 Å². The molecule has 1 aliphatic heterocycles. The fourth-order valence-electron chi connectivity index (χ4n) is 2.57. The van der Waals surface area contributed by atoms with Crippen LogP contribution in [0.15, 0.2) is 46.9 Å². The molecule has 0 amide bonds. The highest BCUT2D eigenvalue weighted by atomic mass is 32.2. The predicted octanol–water partition coefficient (Wildman–Crippen LogP) is 6.83. The number of hydrogen-bond donors (Lipinski definition) is 0. The Morgan fingerprint density at radius 2 is 1.65 bits per heavy atom. The molecule has 1 aliphatic rings. The van der Waals surface area contributed by atoms with Crippen LogP contribution < -0.4 is 0 Å². The van der Waals surface area contributed by atoms with E-state index in [1.54, 1.807) is 11.8 Å². The van der Waals surface area contributed by atoms with Gasteiger partial charge in [-0.1, -0.05) is 41.5 Å². The van der Waals surface area contributed by atoms with Crippen LogP contribution in [-0.4, -0.2) is 18.0 Å². The molecule has 0 saturated carbocycles. The van der Waals surface area contributed by atoms with Crippen LogP contribution in [0.5, 0.6) is 0 Å². The van der Waals surface area contributed by atoms with Crippen LogP contribution in [0.1, 0.15) is 66.2 Å². The Morgan fingerprint density at radius 1 is 1.00 bits per heavy atom. The molecule has 1 saturated heterocycles. The van der Waals surface area contributed by atoms with Crippen LogP contribution in [0.25, 0.3) is 0 Å². The van der Waals surface area contributed by atoms with Gasteiger partial charge in [-0.15, -0.1) is 11.8 Å². The lowest BCUT2D eigenvalue weighted by atomic mass is 10.0. The van der Waals surface area contributed by atoms with Crippen molar-refractivity contribution in [2.24, 2.45) is 0 Å². The van der Waals surface area contributed by atoms with Crippen LogP contribution in [-0.2, 0) is 4.74 Å². The smallest absolute Gasteiger partial charge is 0.0892 e. The molecule has 1 nitrogen and oxygen atoms in total. The van der Waals surface area contributed by atoms with E-state index in [1.807, 2.05) is 0 Å². The fourth-order valence-corrected chi connectivity index (χ4v) is 2.82. The fraction of sp³-hybridized carbons (Fsp3) is 0.619. The average molecular weight is 335 g/mol. The summed E-state index contributed by atoms with van der Waals surface area (Å²) in [5.41, 5.74) is 3.15. The number of unbranched alkanes of at least 4 members (excludes halogenated alkanes) is 1. The number of rotatable bonds is 11. The Bertz CT molecular complexity index is 454. The lowest BCUT2D eigenvalue weighted by Crippen LogP contribution is -2.02. The molecule has 0 radical (unpaired) electrons. The van der Waals surface area contributed by atoms with Crippen LogP contribution in [0, 0.1) is 0 Å². The summed E-state index contributed by atoms with van der Waals surface area (Å²) in [6, 6.07) is 0. The first kappa shape index (κ1) is 20.3. The molecule has 23 heavy (non-hydrogen) atoms. The Kier molecular flexibility index (Phi) is 9.66. The Morgan fingerprint density at radius 3 is 2.30 bits per heavy atom. The van der Waals surface area contributed by atoms with E-state index < -0.39 is 0 Å². The maximum absolute atomic E-state index is 5.64. The highest BCUT2D eigenvalue weighted by Gasteiger charge is 2.46. The van der Waals surface area contributed by atoms with E-state index in [1.165, 1.54) is 30.4 Å². The van der Waals surface area contributed by atoms with Crippen LogP contribution in [0.3, 0.4) is 0 Å². The van der Waals surface area contributed by atoms with Crippen LogP contribution in [0.4, 0.5) is 0 Å². The summed E-state index contributed by atoms with van der Waals surface area (Å²) in [6.07, 6.45) is 20.8. The molecule has 0 bridgehead atoms. The number of allylic oxidation sites excluding steroid dienone is 7. The SMILES string of the molecule is CS/C=C/C=C/CC/C=C(\C)CC/C=C(\C)CCC1OC1(C)C. The summed E-state index contributed by atoms with van der Waals surface area (Å²) in [4.78, 5) is 0. The first-order valence-electron chi connectivity index (χ1n) is 8.79. The summed E-state index contributed by atoms with van der Waals surface area (Å²) in [5, 5.41) is 2.10. The van der Waals surface area contributed by atoms with Crippen molar-refractivity contribution in [2.45, 2.75) is 77.9 Å². The third kappa shape index (κ3) is 9.88. The summed E-state index contributed by atoms with van der Waals surface area (Å²) in [6.45, 7) is 8.86. The largest absolute Gasteiger partial charge is 0.367 e. The van der Waals surface area contributed by atoms with Crippen molar-refractivity contribution in [1.82, 2.24) is 0 Å². The van der Waals surface area contributed by atoms with E-state index in [9.17, 15) is 0 Å². The van der Waals surface area contributed by atoms with Gasteiger partial charge in [0.15, 0.2) is 0 Å². The Labute approximate surface area is 148 Å². The van der Waals surface area contributed by atoms with Crippen molar-refractivity contribution in [1.29, 1.82) is 0 Å². The summed E-state index contributed by atoms with van der Waals surface area (Å²) in [7, 11) is 0. The monoisotopic (exact) mass is 334 g/mol. The van der Waals surface area contributed by atoms with E-state index >= 15 is 0 Å². The third-order valence-corrected chi connectivity index (χ3v) is 4.71. The summed E-state index contributed by atoms with van der Waals surface area (Å²) >= 11 is 1.73. The molecule has 0 aromatic rings. The van der Waals surface area contributed by atoms with Gasteiger partial charge in [0.2, 0.25) is 0 Å². The number of epoxide rings is 1. The molecular weight excluding hydrogens is 300 g/mol. The maximum atomic E-state index is 5.64. The molecule has 1 unspecified atom stereocenters. The van der Waals surface area contributed by atoms with E-state index in [-0.39, 0.29) is 5.60 Å². The van der Waals surface area contributed by atoms with Gasteiger partial charge in [-0.25, -0.2) is 0 Å². The van der Waals surface area contributed by atoms with Gasteiger partial charge in [0.25, 0.3) is 0 Å². The first-order chi connectivity index (χ1) is 11.0. The van der Waals surface area contributed by atoms with E-state index in [0.717, 1.165) is 19.3 Å². The zero-order valence-electron chi connectivity index (χ0n) is 15.6. The Hall–Kier alpha value is -0.730. The zero-order chi connectivity index (χ0) is 17.1. The second-order valence-electron chi connectivity index (χ2n) is 6.96. The molecule has 0 aliphatic carbocycles. The average Bonchev–Trinajstić information content (AvgIpc) is 3.11. The first-order valence-corrected chi connectivity index (χ1v) is 10.1. The van der Waals surface area contributed by atoms with Crippen LogP contribution >= 0.6 is 11.8 Å². The van der Waals surface area contributed by atoms with Crippen molar-refractivity contribution < 1.29 is 4.74 Å². The quantitative estimate of drug-likeness (QED) is 0.178. The minimum atomic E-state index is 0.138. The van der Waals surface area contributed by atoms with Crippen molar-refractivity contribution in [3.63, 3.8) is 0 Å². The molecule has 1 atom stereocenters. The molecule has 130 valence electrons. The standard InChI is InChI=1S/C21H34OS/c1-18(12-9-7-6-8-10-17-23-5)13-11-14-19(2)15-16-20-21(3,4)22-20/h6,8,10,12,14,17,20H,7,9,11,13,15-16H2,1-5H3/b8-6+,17-10+,18-12+,19-14+. The number of thioether (sulfide) groups is 1. The van der Waals surface area contributed by atoms with E-state index in [4.69, 9.17) is 4.74 Å². The second kappa shape index (κ2) is 10.9. The molecule has 0 aromatic carbocycles. The lowest BCUT2D eigenvalue weighted by Gasteiger charge is -2.02. The second-order valence-corrected chi connectivity index (χ2v) is 7.70. The number of ether oxygens (including phenoxy) is 1. The van der Waals surface area contributed by atoms with Crippen LogP contribution in [0.2, 0.25) is 0 Å². The molecule has 0 spiro atoms. The van der Waals surface area contributed by atoms with Gasteiger partial charge in [0.05, 0.1) is 11.7 Å². The van der Waals surface area contributed by atoms with Gasteiger partial charge in [-0.2, -0.15) is 0 Å². The zero-order valence-corrected chi connectivity index (χ0v) is 16.4. The van der Waals surface area contributed by atoms with Gasteiger partial charge in [0.1, 0.15) is 0 Å². The predicted molar refractivity (Wildman–Crippen MR) is 106 cm³/mol. The molecule has 0 N–H and O–H groups in total. The highest BCUT2D eigenvalue weighted by molar-refractivity contribution is 8.01. The van der Waals surface area contributed by atoms with E-state index in [0.29, 0.717) is 6.10 Å². The van der Waals surface area contributed by atoms with Gasteiger partial charge in [0, 0.05) is 0 Å². The maximum Gasteiger partial charge on any atom is 0.0892 e. The number of hydrogen-bond acceptors (Lipinski definition) is 2. The lowest BCUT2D eigenvalue weighted by molar-refractivity contribution is 0.320. The van der Waals surface area contributed by atoms with Gasteiger partial charge < -0.3 is 4.74 Å². The highest BCUT2D eigenvalue weighted by Crippen LogP contribution is 2.38. The minimum Gasteiger partial charge on any atom is -0.367 e. The molecular formula is C21H34OS. The van der Waals surface area contributed by atoms with Crippen molar-refractivity contribution in [3.05, 3.63) is 46.9 Å².